The number of nitrogens with one attached hydrogen (secondary N) is 2. The zero-order valence-corrected chi connectivity index (χ0v) is 19.1. The lowest BCUT2D eigenvalue weighted by Crippen LogP contribution is -2.32. The van der Waals surface area contributed by atoms with Gasteiger partial charge in [-0.2, -0.15) is 0 Å². The zero-order chi connectivity index (χ0) is 23.3. The van der Waals surface area contributed by atoms with Gasteiger partial charge in [0.25, 0.3) is 15.9 Å². The number of nitrogens with zero attached hydrogens (tertiary/aromatic N) is 1. The molecule has 1 aromatic heterocycles. The number of ether oxygens (including phenoxy) is 2. The Hall–Kier alpha value is -3.14. The van der Waals surface area contributed by atoms with Crippen LogP contribution in [-0.2, 0) is 14.8 Å². The number of pyridine rings is 1. The summed E-state index contributed by atoms with van der Waals surface area (Å²) in [5, 5.41) is 3.29. The minimum absolute atomic E-state index is 0.0142. The molecular weight excluding hydrogens is 466 g/mol. The fourth-order valence-electron chi connectivity index (χ4n) is 3.31. The Morgan fingerprint density at radius 2 is 1.97 bits per heavy atom. The average Bonchev–Trinajstić information content (AvgIpc) is 3.32. The van der Waals surface area contributed by atoms with Crippen molar-refractivity contribution in [3.63, 3.8) is 0 Å². The van der Waals surface area contributed by atoms with Gasteiger partial charge in [-0.25, -0.2) is 13.4 Å². The van der Waals surface area contributed by atoms with Crippen molar-refractivity contribution in [3.05, 3.63) is 77.4 Å². The molecule has 0 unspecified atom stereocenters. The van der Waals surface area contributed by atoms with Crippen molar-refractivity contribution >= 4 is 33.2 Å². The molecule has 0 radical (unpaired) electrons. The Bertz CT molecular complexity index is 1230. The lowest BCUT2D eigenvalue weighted by Gasteiger charge is -2.13. The smallest absolute Gasteiger partial charge is 0.261 e. The molecule has 1 atom stereocenters. The molecule has 0 bridgehead atoms. The number of hydrogen-bond donors (Lipinski definition) is 2. The normalized spacial score (nSPS) is 15.7. The lowest BCUT2D eigenvalue weighted by atomic mass is 10.2. The highest BCUT2D eigenvalue weighted by Gasteiger charge is 2.20. The predicted molar refractivity (Wildman–Crippen MR) is 124 cm³/mol. The molecule has 1 aliphatic heterocycles. The van der Waals surface area contributed by atoms with E-state index in [4.69, 9.17) is 21.1 Å². The summed E-state index contributed by atoms with van der Waals surface area (Å²) >= 11 is 5.84. The number of anilines is 1. The Labute approximate surface area is 197 Å². The number of halogens is 1. The van der Waals surface area contributed by atoms with Crippen molar-refractivity contribution in [2.45, 2.75) is 23.8 Å². The van der Waals surface area contributed by atoms with Gasteiger partial charge in [0.2, 0.25) is 5.88 Å². The fourth-order valence-corrected chi connectivity index (χ4v) is 4.49. The molecule has 172 valence electrons. The van der Waals surface area contributed by atoms with E-state index in [1.165, 1.54) is 36.5 Å². The summed E-state index contributed by atoms with van der Waals surface area (Å²) in [5.41, 5.74) is 0.561. The summed E-state index contributed by atoms with van der Waals surface area (Å²) in [6, 6.07) is 15.5. The second kappa shape index (κ2) is 10.2. The SMILES string of the molecule is O=C(NC[C@H]1CCCO1)c1cccnc1Oc1cccc(NS(=O)(=O)c2ccc(Cl)cc2)c1. The molecule has 8 nitrogen and oxygen atoms in total. The van der Waals surface area contributed by atoms with Gasteiger partial charge in [-0.1, -0.05) is 17.7 Å². The van der Waals surface area contributed by atoms with Gasteiger partial charge >= 0.3 is 0 Å². The van der Waals surface area contributed by atoms with E-state index in [1.54, 1.807) is 30.3 Å². The largest absolute Gasteiger partial charge is 0.438 e. The molecule has 3 aromatic rings. The first-order valence-corrected chi connectivity index (χ1v) is 12.2. The molecule has 2 aromatic carbocycles. The van der Waals surface area contributed by atoms with Crippen molar-refractivity contribution < 1.29 is 22.7 Å². The highest BCUT2D eigenvalue weighted by Crippen LogP contribution is 2.27. The van der Waals surface area contributed by atoms with Crippen LogP contribution in [-0.4, -0.2) is 38.6 Å². The third-order valence-corrected chi connectivity index (χ3v) is 6.60. The molecule has 0 saturated carbocycles. The molecule has 2 N–H and O–H groups in total. The summed E-state index contributed by atoms with van der Waals surface area (Å²) in [7, 11) is -3.81. The summed E-state index contributed by atoms with van der Waals surface area (Å²) in [6.45, 7) is 1.12. The first kappa shape index (κ1) is 23.0. The van der Waals surface area contributed by atoms with Gasteiger partial charge in [-0.15, -0.1) is 0 Å². The minimum Gasteiger partial charge on any atom is -0.438 e. The van der Waals surface area contributed by atoms with E-state index in [-0.39, 0.29) is 28.4 Å². The molecule has 10 heteroatoms. The molecule has 0 spiro atoms. The summed E-state index contributed by atoms with van der Waals surface area (Å²) < 4.78 is 39.1. The maximum absolute atomic E-state index is 12.7. The lowest BCUT2D eigenvalue weighted by molar-refractivity contribution is 0.0855. The minimum atomic E-state index is -3.81. The molecule has 1 fully saturated rings. The van der Waals surface area contributed by atoms with Crippen molar-refractivity contribution in [1.29, 1.82) is 0 Å². The average molecular weight is 488 g/mol. The zero-order valence-electron chi connectivity index (χ0n) is 17.5. The quantitative estimate of drug-likeness (QED) is 0.492. The van der Waals surface area contributed by atoms with Crippen LogP contribution in [0.25, 0.3) is 0 Å². The Morgan fingerprint density at radius 3 is 2.73 bits per heavy atom. The van der Waals surface area contributed by atoms with E-state index >= 15 is 0 Å². The summed E-state index contributed by atoms with van der Waals surface area (Å²) in [4.78, 5) is 16.9. The van der Waals surface area contributed by atoms with Gasteiger partial charge in [0, 0.05) is 30.4 Å². The van der Waals surface area contributed by atoms with Gasteiger partial charge in [-0.05, 0) is 61.4 Å². The fraction of sp³-hybridized carbons (Fsp3) is 0.217. The third kappa shape index (κ3) is 6.01. The number of sulfonamides is 1. The Morgan fingerprint density at radius 1 is 1.15 bits per heavy atom. The van der Waals surface area contributed by atoms with Crippen LogP contribution < -0.4 is 14.8 Å². The number of carbonyl (C=O) groups excluding carboxylic acids is 1. The van der Waals surface area contributed by atoms with E-state index in [0.717, 1.165) is 12.8 Å². The molecule has 0 aliphatic carbocycles. The van der Waals surface area contributed by atoms with Gasteiger partial charge < -0.3 is 14.8 Å². The van der Waals surface area contributed by atoms with E-state index in [1.807, 2.05) is 0 Å². The molecular formula is C23H22ClN3O5S. The molecule has 2 heterocycles. The first-order chi connectivity index (χ1) is 15.9. The highest BCUT2D eigenvalue weighted by atomic mass is 35.5. The monoisotopic (exact) mass is 487 g/mol. The molecule has 1 amide bonds. The molecule has 33 heavy (non-hydrogen) atoms. The van der Waals surface area contributed by atoms with E-state index in [9.17, 15) is 13.2 Å². The van der Waals surface area contributed by atoms with Crippen molar-refractivity contribution in [2.24, 2.45) is 0 Å². The highest BCUT2D eigenvalue weighted by molar-refractivity contribution is 7.92. The summed E-state index contributed by atoms with van der Waals surface area (Å²) in [5.74, 6) is 0.103. The summed E-state index contributed by atoms with van der Waals surface area (Å²) in [6.07, 6.45) is 3.43. The van der Waals surface area contributed by atoms with Crippen LogP contribution in [0, 0.1) is 0 Å². The van der Waals surface area contributed by atoms with Crippen LogP contribution in [0.4, 0.5) is 5.69 Å². The number of carbonyl (C=O) groups is 1. The van der Waals surface area contributed by atoms with Gasteiger partial charge in [0.1, 0.15) is 11.3 Å². The Balaban J connectivity index is 1.47. The standard InChI is InChI=1S/C23H22ClN3O5S/c24-16-8-10-20(11-9-16)33(29,30)27-17-4-1-5-18(14-17)32-23-21(7-2-12-25-23)22(28)26-15-19-6-3-13-31-19/h1-2,4-5,7-12,14,19,27H,3,6,13,15H2,(H,26,28)/t19-/m1/s1. The van der Waals surface area contributed by atoms with Crippen molar-refractivity contribution in [3.8, 4) is 11.6 Å². The molecule has 4 rings (SSSR count). The van der Waals surface area contributed by atoms with Crippen molar-refractivity contribution in [1.82, 2.24) is 10.3 Å². The topological polar surface area (TPSA) is 107 Å². The van der Waals surface area contributed by atoms with Crippen LogP contribution in [0.5, 0.6) is 11.6 Å². The van der Waals surface area contributed by atoms with Crippen LogP contribution >= 0.6 is 11.6 Å². The van der Waals surface area contributed by atoms with Crippen LogP contribution in [0.3, 0.4) is 0 Å². The number of aromatic nitrogens is 1. The third-order valence-electron chi connectivity index (χ3n) is 4.95. The Kier molecular flexibility index (Phi) is 7.12. The van der Waals surface area contributed by atoms with Crippen LogP contribution in [0.2, 0.25) is 5.02 Å². The van der Waals surface area contributed by atoms with Gasteiger partial charge in [0.05, 0.1) is 16.7 Å². The molecule has 1 saturated heterocycles. The number of hydrogen-bond acceptors (Lipinski definition) is 6. The molecule has 1 aliphatic rings. The van der Waals surface area contributed by atoms with Crippen LogP contribution in [0.1, 0.15) is 23.2 Å². The maximum Gasteiger partial charge on any atom is 0.261 e. The van der Waals surface area contributed by atoms with E-state index in [0.29, 0.717) is 29.6 Å². The van der Waals surface area contributed by atoms with Crippen LogP contribution in [0.15, 0.2) is 71.8 Å². The maximum atomic E-state index is 12.7. The first-order valence-electron chi connectivity index (χ1n) is 10.3. The number of rotatable bonds is 8. The van der Waals surface area contributed by atoms with Gasteiger partial charge in [0.15, 0.2) is 0 Å². The predicted octanol–water partition coefficient (Wildman–Crippen LogP) is 4.24. The van der Waals surface area contributed by atoms with E-state index < -0.39 is 10.0 Å². The van der Waals surface area contributed by atoms with E-state index in [2.05, 4.69) is 15.0 Å². The van der Waals surface area contributed by atoms with Crippen molar-refractivity contribution in [2.75, 3.05) is 17.9 Å². The second-order valence-corrected chi connectivity index (χ2v) is 9.51. The number of benzene rings is 2. The second-order valence-electron chi connectivity index (χ2n) is 7.39. The number of amides is 1. The van der Waals surface area contributed by atoms with Gasteiger partial charge in [-0.3, -0.25) is 9.52 Å².